The van der Waals surface area contributed by atoms with Crippen LogP contribution in [0.4, 0.5) is 0 Å². The maximum absolute atomic E-state index is 5.73. The van der Waals surface area contributed by atoms with Crippen molar-refractivity contribution in [2.45, 2.75) is 39.2 Å². The van der Waals surface area contributed by atoms with Gasteiger partial charge < -0.3 is 0 Å². The van der Waals surface area contributed by atoms with Gasteiger partial charge in [-0.05, 0) is 43.4 Å². The van der Waals surface area contributed by atoms with Gasteiger partial charge in [0, 0.05) is 19.3 Å². The molecular weight excluding hydrogens is 252 g/mol. The van der Waals surface area contributed by atoms with Crippen LogP contribution in [0.5, 0.6) is 0 Å². The SMILES string of the molecule is CCc1nnc(C)cc1C(CCc1cnn(C)c1)NN. The summed E-state index contributed by atoms with van der Waals surface area (Å²) < 4.78 is 1.82. The molecule has 2 rings (SSSR count). The zero-order valence-corrected chi connectivity index (χ0v) is 12.3. The van der Waals surface area contributed by atoms with Crippen LogP contribution < -0.4 is 11.3 Å². The number of hydrazine groups is 1. The van der Waals surface area contributed by atoms with E-state index in [9.17, 15) is 0 Å². The standard InChI is InChI=1S/C14H22N6/c1-4-13-12(7-10(2)18-19-13)14(17-15)6-5-11-8-16-20(3)9-11/h7-9,14,17H,4-6,15H2,1-3H3. The molecule has 0 saturated carbocycles. The summed E-state index contributed by atoms with van der Waals surface area (Å²) in [7, 11) is 1.92. The first-order valence-corrected chi connectivity index (χ1v) is 6.90. The van der Waals surface area contributed by atoms with Crippen LogP contribution in [0, 0.1) is 6.92 Å². The molecule has 1 unspecified atom stereocenters. The predicted molar refractivity (Wildman–Crippen MR) is 77.7 cm³/mol. The topological polar surface area (TPSA) is 81.7 Å². The van der Waals surface area contributed by atoms with Gasteiger partial charge in [-0.3, -0.25) is 16.0 Å². The van der Waals surface area contributed by atoms with Gasteiger partial charge in [-0.2, -0.15) is 15.3 Å². The molecule has 0 bridgehead atoms. The number of aryl methyl sites for hydroxylation is 4. The first-order valence-electron chi connectivity index (χ1n) is 6.90. The first-order chi connectivity index (χ1) is 9.63. The fourth-order valence-corrected chi connectivity index (χ4v) is 2.35. The summed E-state index contributed by atoms with van der Waals surface area (Å²) in [5.74, 6) is 5.73. The van der Waals surface area contributed by atoms with Crippen LogP contribution in [0.1, 0.15) is 41.9 Å². The molecule has 0 aromatic carbocycles. The smallest absolute Gasteiger partial charge is 0.0676 e. The Balaban J connectivity index is 2.13. The third-order valence-corrected chi connectivity index (χ3v) is 3.42. The molecule has 1 atom stereocenters. The fourth-order valence-electron chi connectivity index (χ4n) is 2.35. The second kappa shape index (κ2) is 6.58. The van der Waals surface area contributed by atoms with Gasteiger partial charge in [0.25, 0.3) is 0 Å². The highest BCUT2D eigenvalue weighted by molar-refractivity contribution is 5.25. The van der Waals surface area contributed by atoms with Gasteiger partial charge in [-0.1, -0.05) is 6.92 Å². The van der Waals surface area contributed by atoms with Crippen LogP contribution in [0.3, 0.4) is 0 Å². The van der Waals surface area contributed by atoms with E-state index < -0.39 is 0 Å². The number of hydrogen-bond acceptors (Lipinski definition) is 5. The molecule has 0 amide bonds. The summed E-state index contributed by atoms with van der Waals surface area (Å²) in [6.07, 6.45) is 6.61. The van der Waals surface area contributed by atoms with E-state index in [0.29, 0.717) is 0 Å². The summed E-state index contributed by atoms with van der Waals surface area (Å²) >= 11 is 0. The van der Waals surface area contributed by atoms with Crippen LogP contribution in [-0.4, -0.2) is 20.0 Å². The summed E-state index contributed by atoms with van der Waals surface area (Å²) in [5.41, 5.74) is 7.18. The molecule has 6 heteroatoms. The second-order valence-electron chi connectivity index (χ2n) is 5.02. The Kier molecular flexibility index (Phi) is 4.81. The Hall–Kier alpha value is -1.79. The average Bonchev–Trinajstić information content (AvgIpc) is 2.85. The molecule has 0 spiro atoms. The maximum atomic E-state index is 5.73. The van der Waals surface area contributed by atoms with Crippen LogP contribution in [0.2, 0.25) is 0 Å². The minimum absolute atomic E-state index is 0.0827. The second-order valence-corrected chi connectivity index (χ2v) is 5.02. The molecule has 0 aliphatic heterocycles. The van der Waals surface area contributed by atoms with Crippen molar-refractivity contribution in [1.82, 2.24) is 25.4 Å². The zero-order valence-electron chi connectivity index (χ0n) is 12.3. The number of aromatic nitrogens is 4. The van der Waals surface area contributed by atoms with Gasteiger partial charge >= 0.3 is 0 Å². The van der Waals surface area contributed by atoms with Gasteiger partial charge in [0.05, 0.1) is 17.6 Å². The highest BCUT2D eigenvalue weighted by Crippen LogP contribution is 2.21. The quantitative estimate of drug-likeness (QED) is 0.611. The van der Waals surface area contributed by atoms with E-state index in [2.05, 4.69) is 33.7 Å². The predicted octanol–water partition coefficient (Wildman–Crippen LogP) is 1.22. The Morgan fingerprint density at radius 1 is 1.40 bits per heavy atom. The van der Waals surface area contributed by atoms with Crippen molar-refractivity contribution in [2.75, 3.05) is 0 Å². The van der Waals surface area contributed by atoms with E-state index >= 15 is 0 Å². The summed E-state index contributed by atoms with van der Waals surface area (Å²) in [4.78, 5) is 0. The van der Waals surface area contributed by atoms with E-state index in [1.54, 1.807) is 0 Å². The largest absolute Gasteiger partial charge is 0.276 e. The lowest BCUT2D eigenvalue weighted by Gasteiger charge is -2.18. The maximum Gasteiger partial charge on any atom is 0.0676 e. The molecular formula is C14H22N6. The summed E-state index contributed by atoms with van der Waals surface area (Å²) in [6.45, 7) is 4.03. The van der Waals surface area contributed by atoms with Crippen LogP contribution in [-0.2, 0) is 19.9 Å². The molecule has 0 fully saturated rings. The number of nitrogens with one attached hydrogen (secondary N) is 1. The van der Waals surface area contributed by atoms with Gasteiger partial charge in [-0.15, -0.1) is 0 Å². The van der Waals surface area contributed by atoms with Gasteiger partial charge in [0.1, 0.15) is 0 Å². The highest BCUT2D eigenvalue weighted by atomic mass is 15.2. The van der Waals surface area contributed by atoms with E-state index in [4.69, 9.17) is 5.84 Å². The summed E-state index contributed by atoms with van der Waals surface area (Å²) in [5, 5.41) is 12.6. The molecule has 0 saturated heterocycles. The lowest BCUT2D eigenvalue weighted by atomic mass is 9.98. The normalized spacial score (nSPS) is 12.6. The third kappa shape index (κ3) is 3.40. The van der Waals surface area contributed by atoms with Gasteiger partial charge in [-0.25, -0.2) is 0 Å². The van der Waals surface area contributed by atoms with E-state index in [0.717, 1.165) is 36.2 Å². The molecule has 2 aromatic rings. The molecule has 108 valence electrons. The van der Waals surface area contributed by atoms with E-state index in [1.807, 2.05) is 31.0 Å². The van der Waals surface area contributed by atoms with Gasteiger partial charge in [0.2, 0.25) is 0 Å². The Labute approximate surface area is 119 Å². The third-order valence-electron chi connectivity index (χ3n) is 3.42. The van der Waals surface area contributed by atoms with Crippen molar-refractivity contribution in [3.05, 3.63) is 41.0 Å². The van der Waals surface area contributed by atoms with E-state index in [-0.39, 0.29) is 6.04 Å². The highest BCUT2D eigenvalue weighted by Gasteiger charge is 2.15. The molecule has 6 nitrogen and oxygen atoms in total. The molecule has 0 radical (unpaired) electrons. The van der Waals surface area contributed by atoms with Crippen molar-refractivity contribution in [1.29, 1.82) is 0 Å². The Morgan fingerprint density at radius 3 is 2.80 bits per heavy atom. The molecule has 0 aliphatic rings. The molecule has 0 aliphatic carbocycles. The monoisotopic (exact) mass is 274 g/mol. The van der Waals surface area contributed by atoms with Crippen molar-refractivity contribution < 1.29 is 0 Å². The molecule has 20 heavy (non-hydrogen) atoms. The Bertz CT molecular complexity index is 563. The zero-order chi connectivity index (χ0) is 14.5. The molecule has 2 heterocycles. The number of rotatable bonds is 6. The van der Waals surface area contributed by atoms with E-state index in [1.165, 1.54) is 5.56 Å². The average molecular weight is 274 g/mol. The summed E-state index contributed by atoms with van der Waals surface area (Å²) in [6, 6.07) is 2.15. The van der Waals surface area contributed by atoms with Crippen molar-refractivity contribution in [3.8, 4) is 0 Å². The lowest BCUT2D eigenvalue weighted by Crippen LogP contribution is -2.29. The van der Waals surface area contributed by atoms with Crippen LogP contribution >= 0.6 is 0 Å². The van der Waals surface area contributed by atoms with Crippen LogP contribution in [0.15, 0.2) is 18.5 Å². The van der Waals surface area contributed by atoms with Crippen molar-refractivity contribution >= 4 is 0 Å². The van der Waals surface area contributed by atoms with Crippen LogP contribution in [0.25, 0.3) is 0 Å². The minimum atomic E-state index is 0.0827. The molecule has 3 N–H and O–H groups in total. The minimum Gasteiger partial charge on any atom is -0.276 e. The number of nitrogens with zero attached hydrogens (tertiary/aromatic N) is 4. The first kappa shape index (κ1) is 14.6. The Morgan fingerprint density at radius 2 is 2.20 bits per heavy atom. The van der Waals surface area contributed by atoms with Crippen molar-refractivity contribution in [2.24, 2.45) is 12.9 Å². The molecule has 2 aromatic heterocycles. The van der Waals surface area contributed by atoms with Gasteiger partial charge in [0.15, 0.2) is 0 Å². The fraction of sp³-hybridized carbons (Fsp3) is 0.500. The van der Waals surface area contributed by atoms with Crippen molar-refractivity contribution in [3.63, 3.8) is 0 Å². The number of nitrogens with two attached hydrogens (primary N) is 1. The lowest BCUT2D eigenvalue weighted by molar-refractivity contribution is 0.508. The number of hydrogen-bond donors (Lipinski definition) is 2.